The number of non-ortho nitro benzene ring substituents is 1. The van der Waals surface area contributed by atoms with Crippen molar-refractivity contribution in [2.24, 2.45) is 0 Å². The van der Waals surface area contributed by atoms with Crippen LogP contribution < -0.4 is 4.74 Å². The van der Waals surface area contributed by atoms with Gasteiger partial charge in [0.1, 0.15) is 5.75 Å². The average Bonchev–Trinajstić information content (AvgIpc) is 3.56. The summed E-state index contributed by atoms with van der Waals surface area (Å²) in [6.07, 6.45) is 2.79. The standard InChI is InChI=1S/C31H25N3O7S2/c1-20-4-10-24(11-5-20)42(37,38)32-18-28(26-16-22(34(35)36)8-14-30(26)32)29-19-33(31-15-9-23(41-3)17-27(29)31)43(39,40)25-12-6-21(2)7-13-25/h4-19H,1-3H3. The van der Waals surface area contributed by atoms with Gasteiger partial charge < -0.3 is 4.74 Å². The summed E-state index contributed by atoms with van der Waals surface area (Å²) in [5.74, 6) is 0.446. The van der Waals surface area contributed by atoms with Gasteiger partial charge in [-0.2, -0.15) is 0 Å². The lowest BCUT2D eigenvalue weighted by molar-refractivity contribution is -0.384. The van der Waals surface area contributed by atoms with E-state index in [2.05, 4.69) is 0 Å². The molecule has 12 heteroatoms. The summed E-state index contributed by atoms with van der Waals surface area (Å²) in [6, 6.07) is 21.6. The van der Waals surface area contributed by atoms with Gasteiger partial charge in [0.15, 0.2) is 0 Å². The van der Waals surface area contributed by atoms with Crippen LogP contribution in [0.3, 0.4) is 0 Å². The van der Waals surface area contributed by atoms with Crippen LogP contribution in [-0.2, 0) is 20.0 Å². The lowest BCUT2D eigenvalue weighted by Crippen LogP contribution is -2.12. The molecule has 0 aliphatic heterocycles. The molecule has 0 radical (unpaired) electrons. The topological polar surface area (TPSA) is 131 Å². The molecule has 0 aliphatic rings. The predicted molar refractivity (Wildman–Crippen MR) is 164 cm³/mol. The Labute approximate surface area is 247 Å². The van der Waals surface area contributed by atoms with Crippen molar-refractivity contribution in [3.63, 3.8) is 0 Å². The van der Waals surface area contributed by atoms with E-state index in [9.17, 15) is 26.9 Å². The van der Waals surface area contributed by atoms with Crippen LogP contribution in [-0.4, -0.2) is 36.8 Å². The quantitative estimate of drug-likeness (QED) is 0.153. The Hall–Kier alpha value is -4.94. The summed E-state index contributed by atoms with van der Waals surface area (Å²) in [5.41, 5.74) is 2.71. The van der Waals surface area contributed by atoms with Crippen LogP contribution in [0.5, 0.6) is 5.75 Å². The summed E-state index contributed by atoms with van der Waals surface area (Å²) in [6.45, 7) is 3.69. The maximum absolute atomic E-state index is 13.9. The highest BCUT2D eigenvalue weighted by Gasteiger charge is 2.27. The first-order valence-corrected chi connectivity index (χ1v) is 15.9. The van der Waals surface area contributed by atoms with E-state index in [-0.39, 0.29) is 26.4 Å². The second kappa shape index (κ2) is 10.1. The van der Waals surface area contributed by atoms with Gasteiger partial charge in [-0.25, -0.2) is 24.8 Å². The van der Waals surface area contributed by atoms with Crippen molar-refractivity contribution in [3.8, 4) is 16.9 Å². The molecule has 6 rings (SSSR count). The van der Waals surface area contributed by atoms with E-state index in [0.29, 0.717) is 27.8 Å². The first-order chi connectivity index (χ1) is 20.4. The summed E-state index contributed by atoms with van der Waals surface area (Å²) in [7, 11) is -6.75. The van der Waals surface area contributed by atoms with Gasteiger partial charge in [0.05, 0.1) is 32.9 Å². The van der Waals surface area contributed by atoms with Gasteiger partial charge in [0.2, 0.25) is 0 Å². The first-order valence-electron chi connectivity index (χ1n) is 13.1. The Morgan fingerprint density at radius 3 is 1.53 bits per heavy atom. The zero-order valence-electron chi connectivity index (χ0n) is 23.3. The van der Waals surface area contributed by atoms with Gasteiger partial charge in [0, 0.05) is 46.4 Å². The number of fused-ring (bicyclic) bond motifs is 2. The number of rotatable bonds is 7. The highest BCUT2D eigenvalue weighted by atomic mass is 32.2. The van der Waals surface area contributed by atoms with Crippen molar-refractivity contribution in [3.05, 3.63) is 119 Å². The number of nitro benzene ring substituents is 1. The Morgan fingerprint density at radius 2 is 1.09 bits per heavy atom. The van der Waals surface area contributed by atoms with E-state index >= 15 is 0 Å². The van der Waals surface area contributed by atoms with Crippen molar-refractivity contribution >= 4 is 47.5 Å². The van der Waals surface area contributed by atoms with Gasteiger partial charge in [-0.05, 0) is 62.4 Å². The maximum Gasteiger partial charge on any atom is 0.270 e. The van der Waals surface area contributed by atoms with E-state index < -0.39 is 25.0 Å². The Bertz CT molecular complexity index is 2280. The zero-order chi connectivity index (χ0) is 30.7. The van der Waals surface area contributed by atoms with Crippen LogP contribution in [0.15, 0.2) is 107 Å². The van der Waals surface area contributed by atoms with Crippen molar-refractivity contribution in [1.82, 2.24) is 7.94 Å². The van der Waals surface area contributed by atoms with E-state index in [1.54, 1.807) is 42.5 Å². The molecule has 0 fully saturated rings. The molecule has 2 aromatic heterocycles. The van der Waals surface area contributed by atoms with Crippen LogP contribution in [0.4, 0.5) is 5.69 Å². The maximum atomic E-state index is 13.9. The van der Waals surface area contributed by atoms with Crippen LogP contribution in [0.25, 0.3) is 32.9 Å². The van der Waals surface area contributed by atoms with Crippen molar-refractivity contribution in [2.75, 3.05) is 7.11 Å². The molecule has 43 heavy (non-hydrogen) atoms. The summed E-state index contributed by atoms with van der Waals surface area (Å²) in [5, 5.41) is 12.5. The molecule has 4 aromatic carbocycles. The van der Waals surface area contributed by atoms with Crippen molar-refractivity contribution in [2.45, 2.75) is 23.6 Å². The molecule has 0 saturated carbocycles. The predicted octanol–water partition coefficient (Wildman–Crippen LogP) is 6.27. The molecule has 0 bridgehead atoms. The number of ether oxygens (including phenoxy) is 1. The van der Waals surface area contributed by atoms with E-state index in [1.807, 2.05) is 13.8 Å². The van der Waals surface area contributed by atoms with Crippen LogP contribution >= 0.6 is 0 Å². The lowest BCUT2D eigenvalue weighted by Gasteiger charge is -2.08. The zero-order valence-corrected chi connectivity index (χ0v) is 24.9. The number of aromatic nitrogens is 2. The van der Waals surface area contributed by atoms with Gasteiger partial charge in [0.25, 0.3) is 25.7 Å². The fourth-order valence-corrected chi connectivity index (χ4v) is 7.82. The van der Waals surface area contributed by atoms with Crippen molar-refractivity contribution in [1.29, 1.82) is 0 Å². The third kappa shape index (κ3) is 4.64. The fourth-order valence-electron chi connectivity index (χ4n) is 5.08. The second-order valence-corrected chi connectivity index (χ2v) is 13.8. The number of hydrogen-bond donors (Lipinski definition) is 0. The third-order valence-electron chi connectivity index (χ3n) is 7.39. The third-order valence-corrected chi connectivity index (χ3v) is 10.8. The second-order valence-electron chi connectivity index (χ2n) is 10.2. The Morgan fingerprint density at radius 1 is 0.651 bits per heavy atom. The SMILES string of the molecule is COc1ccc2c(c1)c(-c1cn(S(=O)(=O)c3ccc(C)cc3)c3ccc([N+](=O)[O-])cc13)cn2S(=O)(=O)c1ccc(C)cc1. The normalized spacial score (nSPS) is 12.2. The van der Waals surface area contributed by atoms with E-state index in [4.69, 9.17) is 4.74 Å². The molecular formula is C31H25N3O7S2. The molecule has 0 atom stereocenters. The molecule has 0 saturated heterocycles. The smallest absolute Gasteiger partial charge is 0.270 e. The lowest BCUT2D eigenvalue weighted by atomic mass is 10.0. The molecule has 10 nitrogen and oxygen atoms in total. The number of nitrogens with zero attached hydrogens (tertiary/aromatic N) is 3. The highest BCUT2D eigenvalue weighted by molar-refractivity contribution is 7.90. The molecular weight excluding hydrogens is 590 g/mol. The van der Waals surface area contributed by atoms with Crippen LogP contribution in [0, 0.1) is 24.0 Å². The largest absolute Gasteiger partial charge is 0.497 e. The Kier molecular flexibility index (Phi) is 6.62. The van der Waals surface area contributed by atoms with Crippen LogP contribution in [0.1, 0.15) is 11.1 Å². The number of benzene rings is 4. The average molecular weight is 616 g/mol. The van der Waals surface area contributed by atoms with E-state index in [1.165, 1.54) is 62.0 Å². The minimum Gasteiger partial charge on any atom is -0.497 e. The van der Waals surface area contributed by atoms with Gasteiger partial charge in [-0.3, -0.25) is 10.1 Å². The van der Waals surface area contributed by atoms with Crippen LogP contribution in [0.2, 0.25) is 0 Å². The molecule has 6 aromatic rings. The minimum atomic E-state index is -4.14. The minimum absolute atomic E-state index is 0.0333. The molecule has 0 unspecified atom stereocenters. The highest BCUT2D eigenvalue weighted by Crippen LogP contribution is 2.41. The summed E-state index contributed by atoms with van der Waals surface area (Å²) in [4.78, 5) is 11.3. The molecule has 2 heterocycles. The Balaban J connectivity index is 1.68. The number of aryl methyl sites for hydroxylation is 2. The van der Waals surface area contributed by atoms with Gasteiger partial charge in [-0.1, -0.05) is 35.4 Å². The monoisotopic (exact) mass is 615 g/mol. The van der Waals surface area contributed by atoms with Crippen molar-refractivity contribution < 1.29 is 26.5 Å². The molecule has 0 N–H and O–H groups in total. The summed E-state index contributed by atoms with van der Waals surface area (Å²) >= 11 is 0. The molecule has 218 valence electrons. The van der Waals surface area contributed by atoms with Gasteiger partial charge in [-0.15, -0.1) is 0 Å². The number of nitro groups is 1. The number of methoxy groups -OCH3 is 1. The molecule has 0 spiro atoms. The van der Waals surface area contributed by atoms with Gasteiger partial charge >= 0.3 is 0 Å². The fraction of sp³-hybridized carbons (Fsp3) is 0.0968. The number of hydrogen-bond acceptors (Lipinski definition) is 7. The van der Waals surface area contributed by atoms with E-state index in [0.717, 1.165) is 19.1 Å². The molecule has 0 aliphatic carbocycles. The summed E-state index contributed by atoms with van der Waals surface area (Å²) < 4.78 is 63.1. The molecule has 0 amide bonds. The first kappa shape index (κ1) is 28.2.